The highest BCUT2D eigenvalue weighted by atomic mass is 16.5. The van der Waals surface area contributed by atoms with E-state index >= 15 is 0 Å². The number of nitrogens with zero attached hydrogens (tertiary/aromatic N) is 6. The Morgan fingerprint density at radius 2 is 2.15 bits per heavy atom. The number of fused-ring (bicyclic) bond motifs is 1. The van der Waals surface area contributed by atoms with Crippen molar-refractivity contribution in [2.45, 2.75) is 51.6 Å². The molecule has 0 spiro atoms. The fourth-order valence-electron chi connectivity index (χ4n) is 4.36. The van der Waals surface area contributed by atoms with Crippen LogP contribution in [-0.2, 0) is 24.9 Å². The molecule has 0 N–H and O–H groups in total. The van der Waals surface area contributed by atoms with Crippen molar-refractivity contribution in [2.75, 3.05) is 19.8 Å². The number of hydrogen-bond donors (Lipinski definition) is 0. The topological polar surface area (TPSA) is 78.1 Å². The molecule has 2 aromatic rings. The highest BCUT2D eigenvalue weighted by Crippen LogP contribution is 2.32. The molecule has 0 aromatic carbocycles. The van der Waals surface area contributed by atoms with Crippen molar-refractivity contribution in [3.05, 3.63) is 29.6 Å². The van der Waals surface area contributed by atoms with Crippen LogP contribution in [0.5, 0.6) is 0 Å². The lowest BCUT2D eigenvalue weighted by Gasteiger charge is -2.33. The molecule has 27 heavy (non-hydrogen) atoms. The maximum absolute atomic E-state index is 12.8. The van der Waals surface area contributed by atoms with E-state index in [1.807, 2.05) is 18.0 Å². The van der Waals surface area contributed by atoms with E-state index in [2.05, 4.69) is 19.9 Å². The minimum atomic E-state index is -0.133. The quantitative estimate of drug-likeness (QED) is 0.775. The summed E-state index contributed by atoms with van der Waals surface area (Å²) in [4.78, 5) is 18.8. The Kier molecular flexibility index (Phi) is 5.24. The average molecular weight is 372 g/mol. The van der Waals surface area contributed by atoms with Gasteiger partial charge >= 0.3 is 0 Å². The number of rotatable bonds is 6. The van der Waals surface area contributed by atoms with E-state index in [-0.39, 0.29) is 17.6 Å². The van der Waals surface area contributed by atoms with Crippen LogP contribution in [0.2, 0.25) is 0 Å². The van der Waals surface area contributed by atoms with E-state index in [0.717, 1.165) is 18.0 Å². The lowest BCUT2D eigenvalue weighted by molar-refractivity contribution is 0.0634. The van der Waals surface area contributed by atoms with E-state index in [0.29, 0.717) is 26.3 Å². The Labute approximate surface area is 159 Å². The van der Waals surface area contributed by atoms with E-state index in [1.165, 1.54) is 31.4 Å². The molecule has 0 saturated heterocycles. The van der Waals surface area contributed by atoms with Gasteiger partial charge in [0, 0.05) is 44.8 Å². The number of amides is 1. The zero-order valence-electron chi connectivity index (χ0n) is 16.2. The lowest BCUT2D eigenvalue weighted by Crippen LogP contribution is -2.40. The zero-order chi connectivity index (χ0) is 18.8. The Balaban J connectivity index is 1.57. The monoisotopic (exact) mass is 372 g/mol. The Bertz CT molecular complexity index is 792. The van der Waals surface area contributed by atoms with Gasteiger partial charge in [-0.3, -0.25) is 14.2 Å². The van der Waals surface area contributed by atoms with E-state index in [1.54, 1.807) is 18.1 Å². The predicted molar refractivity (Wildman–Crippen MR) is 99.2 cm³/mol. The van der Waals surface area contributed by atoms with Crippen molar-refractivity contribution in [3.8, 4) is 0 Å². The van der Waals surface area contributed by atoms with Crippen LogP contribution in [0.15, 0.2) is 12.5 Å². The molecule has 4 rings (SSSR count). The van der Waals surface area contributed by atoms with Gasteiger partial charge in [-0.2, -0.15) is 5.10 Å². The van der Waals surface area contributed by atoms with Crippen LogP contribution in [0.4, 0.5) is 0 Å². The summed E-state index contributed by atoms with van der Waals surface area (Å²) >= 11 is 0. The fraction of sp³-hybridized carbons (Fsp3) is 0.684. The number of carbonyl (C=O) groups excluding carboxylic acids is 1. The van der Waals surface area contributed by atoms with Gasteiger partial charge in [-0.25, -0.2) is 4.98 Å². The molecule has 8 heteroatoms. The maximum atomic E-state index is 12.8. The molecule has 8 nitrogen and oxygen atoms in total. The number of hydrogen-bond acceptors (Lipinski definition) is 5. The Hall–Kier alpha value is -2.22. The van der Waals surface area contributed by atoms with Crippen molar-refractivity contribution in [1.82, 2.24) is 29.4 Å². The Morgan fingerprint density at radius 3 is 2.85 bits per heavy atom. The van der Waals surface area contributed by atoms with Gasteiger partial charge < -0.3 is 9.64 Å². The SMILES string of the molecule is CCOC[C@H]1CN(C(=O)c2ncn(C)n2)Cc2cnn(CC3CCCC3)c21. The first kappa shape index (κ1) is 18.2. The highest BCUT2D eigenvalue weighted by Gasteiger charge is 2.34. The summed E-state index contributed by atoms with van der Waals surface area (Å²) in [5.74, 6) is 0.963. The average Bonchev–Trinajstić information content (AvgIpc) is 3.41. The molecule has 1 amide bonds. The summed E-state index contributed by atoms with van der Waals surface area (Å²) in [5, 5.41) is 8.84. The first-order chi connectivity index (χ1) is 13.2. The molecule has 1 atom stereocenters. The molecule has 1 saturated carbocycles. The molecule has 2 aliphatic rings. The van der Waals surface area contributed by atoms with Crippen LogP contribution in [0, 0.1) is 5.92 Å². The molecule has 146 valence electrons. The summed E-state index contributed by atoms with van der Waals surface area (Å²) in [6, 6.07) is 0. The van der Waals surface area contributed by atoms with Gasteiger partial charge in [0.2, 0.25) is 5.82 Å². The minimum Gasteiger partial charge on any atom is -0.381 e. The molecule has 1 aliphatic carbocycles. The molecule has 0 unspecified atom stereocenters. The second kappa shape index (κ2) is 7.80. The predicted octanol–water partition coefficient (Wildman–Crippen LogP) is 1.98. The van der Waals surface area contributed by atoms with Crippen molar-refractivity contribution in [3.63, 3.8) is 0 Å². The van der Waals surface area contributed by atoms with Gasteiger partial charge in [0.1, 0.15) is 6.33 Å². The number of aromatic nitrogens is 5. The molecule has 3 heterocycles. The van der Waals surface area contributed by atoms with Gasteiger partial charge in [0.15, 0.2) is 0 Å². The van der Waals surface area contributed by atoms with Crippen LogP contribution in [0.1, 0.15) is 60.4 Å². The third-order valence-electron chi connectivity index (χ3n) is 5.66. The third kappa shape index (κ3) is 3.76. The summed E-state index contributed by atoms with van der Waals surface area (Å²) < 4.78 is 9.48. The first-order valence-electron chi connectivity index (χ1n) is 9.93. The maximum Gasteiger partial charge on any atom is 0.293 e. The van der Waals surface area contributed by atoms with E-state index in [9.17, 15) is 4.79 Å². The van der Waals surface area contributed by atoms with E-state index in [4.69, 9.17) is 4.74 Å². The van der Waals surface area contributed by atoms with Crippen molar-refractivity contribution >= 4 is 5.91 Å². The van der Waals surface area contributed by atoms with Crippen LogP contribution in [0.3, 0.4) is 0 Å². The normalized spacial score (nSPS) is 20.2. The first-order valence-corrected chi connectivity index (χ1v) is 9.93. The molecule has 0 bridgehead atoms. The molecule has 0 radical (unpaired) electrons. The number of aryl methyl sites for hydroxylation is 1. The number of ether oxygens (including phenoxy) is 1. The third-order valence-corrected chi connectivity index (χ3v) is 5.66. The van der Waals surface area contributed by atoms with E-state index < -0.39 is 0 Å². The van der Waals surface area contributed by atoms with Gasteiger partial charge in [-0.05, 0) is 25.7 Å². The van der Waals surface area contributed by atoms with Gasteiger partial charge in [0.05, 0.1) is 18.5 Å². The smallest absolute Gasteiger partial charge is 0.293 e. The minimum absolute atomic E-state index is 0.130. The van der Waals surface area contributed by atoms with Crippen molar-refractivity contribution < 1.29 is 9.53 Å². The van der Waals surface area contributed by atoms with Crippen LogP contribution in [0.25, 0.3) is 0 Å². The van der Waals surface area contributed by atoms with Crippen LogP contribution < -0.4 is 0 Å². The second-order valence-electron chi connectivity index (χ2n) is 7.67. The molecular weight excluding hydrogens is 344 g/mol. The molecular formula is C19H28N6O2. The highest BCUT2D eigenvalue weighted by molar-refractivity contribution is 5.90. The largest absolute Gasteiger partial charge is 0.381 e. The fourth-order valence-corrected chi connectivity index (χ4v) is 4.36. The molecule has 2 aromatic heterocycles. The lowest BCUT2D eigenvalue weighted by atomic mass is 9.96. The standard InChI is InChI=1S/C19H28N6O2/c1-3-27-12-16-11-24(19(26)18-20-13-23(2)22-18)10-15-8-21-25(17(15)16)9-14-6-4-5-7-14/h8,13-14,16H,3-7,9-12H2,1-2H3/t16-/m1/s1. The van der Waals surface area contributed by atoms with Gasteiger partial charge in [0.25, 0.3) is 5.91 Å². The van der Waals surface area contributed by atoms with Gasteiger partial charge in [-0.1, -0.05) is 12.8 Å². The van der Waals surface area contributed by atoms with Crippen LogP contribution >= 0.6 is 0 Å². The van der Waals surface area contributed by atoms with Gasteiger partial charge in [-0.15, -0.1) is 5.10 Å². The van der Waals surface area contributed by atoms with Crippen LogP contribution in [-0.4, -0.2) is 55.1 Å². The second-order valence-corrected chi connectivity index (χ2v) is 7.67. The molecule has 1 aliphatic heterocycles. The summed E-state index contributed by atoms with van der Waals surface area (Å²) in [7, 11) is 1.77. The number of carbonyl (C=O) groups is 1. The molecule has 1 fully saturated rings. The van der Waals surface area contributed by atoms with Crippen molar-refractivity contribution in [1.29, 1.82) is 0 Å². The Morgan fingerprint density at radius 1 is 1.33 bits per heavy atom. The van der Waals surface area contributed by atoms with Crippen molar-refractivity contribution in [2.24, 2.45) is 13.0 Å². The summed E-state index contributed by atoms with van der Waals surface area (Å²) in [5.41, 5.74) is 2.36. The summed E-state index contributed by atoms with van der Waals surface area (Å²) in [6.45, 7) is 5.41. The zero-order valence-corrected chi connectivity index (χ0v) is 16.2. The summed E-state index contributed by atoms with van der Waals surface area (Å²) in [6.07, 6.45) is 8.72.